The van der Waals surface area contributed by atoms with Gasteiger partial charge in [-0.05, 0) is 18.7 Å². The number of benzene rings is 1. The molecule has 0 amide bonds. The van der Waals surface area contributed by atoms with Crippen LogP contribution in [0, 0.1) is 0 Å². The van der Waals surface area contributed by atoms with Crippen LogP contribution >= 0.6 is 23.4 Å². The Labute approximate surface area is 128 Å². The average Bonchev–Trinajstić information content (AvgIpc) is 2.71. The van der Waals surface area contributed by atoms with Crippen LogP contribution in [0.15, 0.2) is 35.3 Å². The van der Waals surface area contributed by atoms with Gasteiger partial charge in [-0.25, -0.2) is 0 Å². The molecule has 1 aliphatic heterocycles. The van der Waals surface area contributed by atoms with Gasteiger partial charge >= 0.3 is 0 Å². The minimum Gasteiger partial charge on any atom is -0.460 e. The predicted octanol–water partition coefficient (Wildman–Crippen LogP) is 4.40. The monoisotopic (exact) mass is 307 g/mol. The summed E-state index contributed by atoms with van der Waals surface area (Å²) >= 11 is 8.29. The van der Waals surface area contributed by atoms with Crippen LogP contribution in [0.25, 0.3) is 11.0 Å². The van der Waals surface area contributed by atoms with Gasteiger partial charge < -0.3 is 4.42 Å². The van der Waals surface area contributed by atoms with Crippen molar-refractivity contribution in [1.82, 2.24) is 4.90 Å². The van der Waals surface area contributed by atoms with E-state index in [-0.39, 0.29) is 5.50 Å². The molecule has 1 aromatic heterocycles. The van der Waals surface area contributed by atoms with Gasteiger partial charge in [-0.1, -0.05) is 18.2 Å². The molecule has 1 aromatic carbocycles. The van der Waals surface area contributed by atoms with Crippen molar-refractivity contribution in [3.63, 3.8) is 0 Å². The third-order valence-corrected chi connectivity index (χ3v) is 5.15. The molecule has 3 rings (SSSR count). The van der Waals surface area contributed by atoms with E-state index < -0.39 is 0 Å². The van der Waals surface area contributed by atoms with Crippen LogP contribution in [-0.4, -0.2) is 23.2 Å². The zero-order valence-corrected chi connectivity index (χ0v) is 13.1. The summed E-state index contributed by atoms with van der Waals surface area (Å²) in [5, 5.41) is 1.27. The molecule has 0 spiro atoms. The molecule has 0 saturated carbocycles. The molecule has 0 aliphatic carbocycles. The predicted molar refractivity (Wildman–Crippen MR) is 87.4 cm³/mol. The number of likely N-dealkylation sites (N-methyl/N-ethyl adjacent to an activating group) is 1. The van der Waals surface area contributed by atoms with Crippen LogP contribution in [-0.2, 0) is 18.7 Å². The summed E-state index contributed by atoms with van der Waals surface area (Å²) in [7, 11) is 2.07. The third-order valence-electron chi connectivity index (χ3n) is 3.73. The Morgan fingerprint density at radius 3 is 3.20 bits per heavy atom. The zero-order chi connectivity index (χ0) is 14.1. The van der Waals surface area contributed by atoms with Crippen molar-refractivity contribution >= 4 is 34.3 Å². The lowest BCUT2D eigenvalue weighted by molar-refractivity contribution is 0.301. The second kappa shape index (κ2) is 5.84. The van der Waals surface area contributed by atoms with Gasteiger partial charge in [0.2, 0.25) is 0 Å². The summed E-state index contributed by atoms with van der Waals surface area (Å²) < 4.78 is 6.07. The summed E-state index contributed by atoms with van der Waals surface area (Å²) in [6.45, 7) is 4.61. The number of thioether (sulfide) groups is 1. The molecular weight excluding hydrogens is 290 g/mol. The Bertz CT molecular complexity index is 637. The number of alkyl halides is 1. The number of nitrogens with zero attached hydrogens (tertiary/aromatic N) is 1. The fraction of sp³-hybridized carbons (Fsp3) is 0.375. The average molecular weight is 308 g/mol. The van der Waals surface area contributed by atoms with Crippen LogP contribution < -0.4 is 0 Å². The van der Waals surface area contributed by atoms with Gasteiger partial charge in [0.1, 0.15) is 11.3 Å². The minimum absolute atomic E-state index is 0.0432. The van der Waals surface area contributed by atoms with Crippen molar-refractivity contribution in [2.45, 2.75) is 24.2 Å². The number of hydrogen-bond acceptors (Lipinski definition) is 3. The van der Waals surface area contributed by atoms with Crippen molar-refractivity contribution in [2.24, 2.45) is 0 Å². The zero-order valence-electron chi connectivity index (χ0n) is 11.6. The van der Waals surface area contributed by atoms with Gasteiger partial charge in [0.25, 0.3) is 0 Å². The van der Waals surface area contributed by atoms with Crippen LogP contribution in [0.3, 0.4) is 0 Å². The summed E-state index contributed by atoms with van der Waals surface area (Å²) in [6.07, 6.45) is 2.79. The Balaban J connectivity index is 2.06. The highest BCUT2D eigenvalue weighted by atomic mass is 35.5. The van der Waals surface area contributed by atoms with Crippen molar-refractivity contribution in [1.29, 1.82) is 0 Å². The van der Waals surface area contributed by atoms with E-state index in [4.69, 9.17) is 16.0 Å². The lowest BCUT2D eigenvalue weighted by atomic mass is 10.0. The van der Waals surface area contributed by atoms with Crippen LogP contribution in [0.5, 0.6) is 0 Å². The number of hydrogen-bond donors (Lipinski definition) is 0. The largest absolute Gasteiger partial charge is 0.460 e. The first kappa shape index (κ1) is 14.1. The van der Waals surface area contributed by atoms with Gasteiger partial charge in [-0.3, -0.25) is 4.90 Å². The van der Waals surface area contributed by atoms with Gasteiger partial charge in [0.05, 0.1) is 11.3 Å². The lowest BCUT2D eigenvalue weighted by Crippen LogP contribution is -2.26. The molecule has 1 unspecified atom stereocenters. The molecule has 2 heterocycles. The van der Waals surface area contributed by atoms with Crippen molar-refractivity contribution in [2.75, 3.05) is 12.8 Å². The number of rotatable bonds is 4. The third kappa shape index (κ3) is 2.50. The summed E-state index contributed by atoms with van der Waals surface area (Å²) in [6, 6.07) is 6.27. The molecule has 0 radical (unpaired) electrons. The van der Waals surface area contributed by atoms with Gasteiger partial charge in [-0.2, -0.15) is 0 Å². The fourth-order valence-electron chi connectivity index (χ4n) is 2.71. The lowest BCUT2D eigenvalue weighted by Gasteiger charge is -2.20. The maximum Gasteiger partial charge on any atom is 0.134 e. The van der Waals surface area contributed by atoms with Crippen LogP contribution in [0.4, 0.5) is 0 Å². The highest BCUT2D eigenvalue weighted by molar-refractivity contribution is 7.98. The van der Waals surface area contributed by atoms with E-state index in [0.717, 1.165) is 35.8 Å². The quantitative estimate of drug-likeness (QED) is 0.360. The summed E-state index contributed by atoms with van der Waals surface area (Å²) in [5.74, 6) is 2.91. The van der Waals surface area contributed by atoms with Crippen molar-refractivity contribution in [3.8, 4) is 0 Å². The standard InChI is InChI=1S/C16H18ClNOS/c1-3-7-20-10-14-12-9-18(2)15(17)8-11-5-4-6-13(19-14)16(11)12/h3-6,15H,1,7-10H2,2H3. The van der Waals surface area contributed by atoms with Gasteiger partial charge in [-0.15, -0.1) is 29.9 Å². The Hall–Kier alpha value is -0.900. The first-order valence-corrected chi connectivity index (χ1v) is 8.35. The normalized spacial score (nSPS) is 19.2. The Kier molecular flexibility index (Phi) is 4.11. The van der Waals surface area contributed by atoms with E-state index in [1.165, 1.54) is 16.5 Å². The SMILES string of the molecule is C=CCSCc1oc2cccc3c2c1CN(C)C(Cl)C3. The van der Waals surface area contributed by atoms with E-state index in [9.17, 15) is 0 Å². The first-order chi connectivity index (χ1) is 9.70. The van der Waals surface area contributed by atoms with Gasteiger partial charge in [0, 0.05) is 29.7 Å². The second-order valence-electron chi connectivity index (χ2n) is 5.15. The second-order valence-corrected chi connectivity index (χ2v) is 6.69. The highest BCUT2D eigenvalue weighted by Gasteiger charge is 2.25. The molecule has 1 aliphatic rings. The minimum atomic E-state index is 0.0432. The van der Waals surface area contributed by atoms with Crippen molar-refractivity contribution < 1.29 is 4.42 Å². The smallest absolute Gasteiger partial charge is 0.134 e. The fourth-order valence-corrected chi connectivity index (χ4v) is 3.65. The maximum atomic E-state index is 6.46. The van der Waals surface area contributed by atoms with E-state index in [0.29, 0.717) is 0 Å². The number of halogens is 1. The molecule has 0 fully saturated rings. The summed E-state index contributed by atoms with van der Waals surface area (Å²) in [5.41, 5.74) is 3.64. The van der Waals surface area contributed by atoms with E-state index in [1.54, 1.807) is 0 Å². The molecule has 1 atom stereocenters. The molecule has 106 valence electrons. The van der Waals surface area contributed by atoms with E-state index in [2.05, 4.69) is 36.7 Å². The number of furan rings is 1. The molecule has 0 N–H and O–H groups in total. The van der Waals surface area contributed by atoms with Crippen LogP contribution in [0.1, 0.15) is 16.9 Å². The molecular formula is C16H18ClNOS. The summed E-state index contributed by atoms with van der Waals surface area (Å²) in [4.78, 5) is 2.19. The van der Waals surface area contributed by atoms with E-state index in [1.807, 2.05) is 17.8 Å². The molecule has 20 heavy (non-hydrogen) atoms. The first-order valence-electron chi connectivity index (χ1n) is 6.75. The van der Waals surface area contributed by atoms with E-state index >= 15 is 0 Å². The molecule has 2 nitrogen and oxygen atoms in total. The van der Waals surface area contributed by atoms with Crippen LogP contribution in [0.2, 0.25) is 0 Å². The van der Waals surface area contributed by atoms with Gasteiger partial charge in [0.15, 0.2) is 0 Å². The van der Waals surface area contributed by atoms with Crippen molar-refractivity contribution in [3.05, 3.63) is 47.7 Å². The Morgan fingerprint density at radius 1 is 1.55 bits per heavy atom. The maximum absolute atomic E-state index is 6.46. The molecule has 4 heteroatoms. The Morgan fingerprint density at radius 2 is 2.40 bits per heavy atom. The highest BCUT2D eigenvalue weighted by Crippen LogP contribution is 2.35. The molecule has 0 saturated heterocycles. The topological polar surface area (TPSA) is 16.4 Å². The molecule has 2 aromatic rings. The molecule has 0 bridgehead atoms.